The number of rotatable bonds is 8. The van der Waals surface area contributed by atoms with Gasteiger partial charge in [-0.2, -0.15) is 13.2 Å². The Morgan fingerprint density at radius 3 is 2.53 bits per heavy atom. The van der Waals surface area contributed by atoms with E-state index in [1.165, 1.54) is 23.3 Å². The second-order valence-electron chi connectivity index (χ2n) is 7.49. The van der Waals surface area contributed by atoms with E-state index in [0.29, 0.717) is 32.5 Å². The summed E-state index contributed by atoms with van der Waals surface area (Å²) in [6, 6.07) is 12.3. The van der Waals surface area contributed by atoms with Crippen molar-refractivity contribution in [1.29, 1.82) is 0 Å². The van der Waals surface area contributed by atoms with Crippen LogP contribution in [0.1, 0.15) is 29.5 Å². The lowest BCUT2D eigenvalue weighted by molar-refractivity contribution is -0.137. The fourth-order valence-corrected chi connectivity index (χ4v) is 3.47. The van der Waals surface area contributed by atoms with Crippen molar-refractivity contribution in [3.05, 3.63) is 65.2 Å². The standard InChI is InChI=1S/C23H26F3N3O3/c24-23(25,26)19-7-3-8-20(15-19)32-14-12-28-22(31)27-11-4-9-21(30)29-13-10-17-5-1-2-6-18(17)16-29/h1-3,5-8,15H,4,9-14,16H2,(H2,27,28,31). The van der Waals surface area contributed by atoms with Gasteiger partial charge >= 0.3 is 12.2 Å². The van der Waals surface area contributed by atoms with Crippen molar-refractivity contribution in [2.45, 2.75) is 32.0 Å². The van der Waals surface area contributed by atoms with Gasteiger partial charge in [0.05, 0.1) is 12.1 Å². The lowest BCUT2D eigenvalue weighted by Crippen LogP contribution is -2.39. The van der Waals surface area contributed by atoms with Gasteiger partial charge in [-0.05, 0) is 42.2 Å². The van der Waals surface area contributed by atoms with E-state index in [-0.39, 0.29) is 24.8 Å². The van der Waals surface area contributed by atoms with E-state index in [4.69, 9.17) is 4.74 Å². The molecule has 3 amide bonds. The molecule has 2 N–H and O–H groups in total. The maximum absolute atomic E-state index is 12.7. The van der Waals surface area contributed by atoms with Crippen molar-refractivity contribution >= 4 is 11.9 Å². The zero-order chi connectivity index (χ0) is 23.0. The monoisotopic (exact) mass is 449 g/mol. The number of amides is 3. The van der Waals surface area contributed by atoms with Gasteiger partial charge in [0.2, 0.25) is 5.91 Å². The molecule has 0 atom stereocenters. The Labute approximate surface area is 184 Å². The largest absolute Gasteiger partial charge is 0.492 e. The summed E-state index contributed by atoms with van der Waals surface area (Å²) in [4.78, 5) is 26.0. The summed E-state index contributed by atoms with van der Waals surface area (Å²) in [7, 11) is 0. The van der Waals surface area contributed by atoms with Crippen LogP contribution in [0, 0.1) is 0 Å². The van der Waals surface area contributed by atoms with Crippen molar-refractivity contribution in [3.63, 3.8) is 0 Å². The summed E-state index contributed by atoms with van der Waals surface area (Å²) < 4.78 is 43.3. The average Bonchev–Trinajstić information content (AvgIpc) is 2.78. The van der Waals surface area contributed by atoms with E-state index < -0.39 is 17.8 Å². The maximum Gasteiger partial charge on any atom is 0.416 e. The van der Waals surface area contributed by atoms with Crippen LogP contribution in [0.4, 0.5) is 18.0 Å². The molecule has 9 heteroatoms. The summed E-state index contributed by atoms with van der Waals surface area (Å²) in [6.07, 6.45) is -2.71. The fraction of sp³-hybridized carbons (Fsp3) is 0.391. The third-order valence-electron chi connectivity index (χ3n) is 5.15. The van der Waals surface area contributed by atoms with Crippen molar-refractivity contribution < 1.29 is 27.5 Å². The Bertz CT molecular complexity index is 934. The number of halogens is 3. The normalized spacial score (nSPS) is 13.3. The summed E-state index contributed by atoms with van der Waals surface area (Å²) in [5.74, 6) is 0.150. The number of nitrogens with one attached hydrogen (secondary N) is 2. The van der Waals surface area contributed by atoms with Gasteiger partial charge in [0, 0.05) is 26.1 Å². The minimum atomic E-state index is -4.43. The topological polar surface area (TPSA) is 70.7 Å². The van der Waals surface area contributed by atoms with E-state index in [1.54, 1.807) is 0 Å². The summed E-state index contributed by atoms with van der Waals surface area (Å²) in [5, 5.41) is 5.23. The highest BCUT2D eigenvalue weighted by Gasteiger charge is 2.30. The number of nitrogens with zero attached hydrogens (tertiary/aromatic N) is 1. The molecule has 0 fully saturated rings. The van der Waals surface area contributed by atoms with Gasteiger partial charge in [-0.25, -0.2) is 4.79 Å². The number of alkyl halides is 3. The molecule has 2 aromatic rings. The molecule has 1 aliphatic heterocycles. The maximum atomic E-state index is 12.7. The fourth-order valence-electron chi connectivity index (χ4n) is 3.47. The third kappa shape index (κ3) is 6.90. The minimum absolute atomic E-state index is 0.0314. The molecule has 0 saturated heterocycles. The average molecular weight is 449 g/mol. The van der Waals surface area contributed by atoms with Crippen LogP contribution in [0.15, 0.2) is 48.5 Å². The molecule has 0 aromatic heterocycles. The molecule has 3 rings (SSSR count). The number of urea groups is 1. The van der Waals surface area contributed by atoms with Gasteiger partial charge in [-0.3, -0.25) is 4.79 Å². The third-order valence-corrected chi connectivity index (χ3v) is 5.15. The summed E-state index contributed by atoms with van der Waals surface area (Å²) >= 11 is 0. The zero-order valence-corrected chi connectivity index (χ0v) is 17.6. The molecular weight excluding hydrogens is 423 g/mol. The molecule has 32 heavy (non-hydrogen) atoms. The highest BCUT2D eigenvalue weighted by molar-refractivity contribution is 5.77. The van der Waals surface area contributed by atoms with Crippen LogP contribution in [0.25, 0.3) is 0 Å². The van der Waals surface area contributed by atoms with E-state index in [9.17, 15) is 22.8 Å². The summed E-state index contributed by atoms with van der Waals surface area (Å²) in [6.45, 7) is 1.83. The predicted octanol–water partition coefficient (Wildman–Crippen LogP) is 3.75. The molecule has 0 spiro atoms. The molecular formula is C23H26F3N3O3. The zero-order valence-electron chi connectivity index (χ0n) is 17.6. The lowest BCUT2D eigenvalue weighted by atomic mass is 9.99. The lowest BCUT2D eigenvalue weighted by Gasteiger charge is -2.29. The Morgan fingerprint density at radius 2 is 1.75 bits per heavy atom. The van der Waals surface area contributed by atoms with Gasteiger partial charge in [0.15, 0.2) is 0 Å². The van der Waals surface area contributed by atoms with Crippen LogP contribution in [0.2, 0.25) is 0 Å². The second-order valence-corrected chi connectivity index (χ2v) is 7.49. The van der Waals surface area contributed by atoms with Gasteiger partial charge in [0.1, 0.15) is 12.4 Å². The Balaban J connectivity index is 1.27. The van der Waals surface area contributed by atoms with E-state index >= 15 is 0 Å². The van der Waals surface area contributed by atoms with Crippen LogP contribution in [0.3, 0.4) is 0 Å². The molecule has 172 valence electrons. The number of fused-ring (bicyclic) bond motifs is 1. The highest BCUT2D eigenvalue weighted by Crippen LogP contribution is 2.31. The molecule has 0 radical (unpaired) electrons. The second kappa shape index (κ2) is 10.9. The molecule has 0 unspecified atom stereocenters. The van der Waals surface area contributed by atoms with Crippen molar-refractivity contribution in [2.24, 2.45) is 0 Å². The van der Waals surface area contributed by atoms with Crippen LogP contribution in [0.5, 0.6) is 5.75 Å². The number of hydrogen-bond donors (Lipinski definition) is 2. The van der Waals surface area contributed by atoms with Gasteiger partial charge < -0.3 is 20.3 Å². The predicted molar refractivity (Wildman–Crippen MR) is 113 cm³/mol. The molecule has 0 saturated carbocycles. The molecule has 0 bridgehead atoms. The van der Waals surface area contributed by atoms with Crippen molar-refractivity contribution in [2.75, 3.05) is 26.2 Å². The Hall–Kier alpha value is -3.23. The van der Waals surface area contributed by atoms with Gasteiger partial charge in [-0.1, -0.05) is 30.3 Å². The van der Waals surface area contributed by atoms with Crippen LogP contribution < -0.4 is 15.4 Å². The van der Waals surface area contributed by atoms with Crippen molar-refractivity contribution in [3.8, 4) is 5.75 Å². The number of benzene rings is 2. The first-order chi connectivity index (χ1) is 15.3. The van der Waals surface area contributed by atoms with E-state index in [0.717, 1.165) is 18.6 Å². The van der Waals surface area contributed by atoms with Crippen LogP contribution in [-0.4, -0.2) is 43.1 Å². The quantitative estimate of drug-likeness (QED) is 0.603. The van der Waals surface area contributed by atoms with E-state index in [2.05, 4.69) is 16.7 Å². The molecule has 6 nitrogen and oxygen atoms in total. The minimum Gasteiger partial charge on any atom is -0.492 e. The number of carbonyl (C=O) groups is 2. The van der Waals surface area contributed by atoms with E-state index in [1.807, 2.05) is 23.1 Å². The molecule has 0 aliphatic carbocycles. The Kier molecular flexibility index (Phi) is 7.97. The summed E-state index contributed by atoms with van der Waals surface area (Å²) in [5.41, 5.74) is 1.67. The highest BCUT2D eigenvalue weighted by atomic mass is 19.4. The first kappa shape index (κ1) is 23.4. The van der Waals surface area contributed by atoms with Crippen LogP contribution in [-0.2, 0) is 23.9 Å². The number of ether oxygens (including phenoxy) is 1. The first-order valence-corrected chi connectivity index (χ1v) is 10.5. The van der Waals surface area contributed by atoms with Gasteiger partial charge in [-0.15, -0.1) is 0 Å². The molecule has 2 aromatic carbocycles. The van der Waals surface area contributed by atoms with Crippen molar-refractivity contribution in [1.82, 2.24) is 15.5 Å². The molecule has 1 heterocycles. The number of hydrogen-bond acceptors (Lipinski definition) is 3. The van der Waals surface area contributed by atoms with Crippen LogP contribution >= 0.6 is 0 Å². The smallest absolute Gasteiger partial charge is 0.416 e. The number of carbonyl (C=O) groups excluding carboxylic acids is 2. The first-order valence-electron chi connectivity index (χ1n) is 10.5. The molecule has 1 aliphatic rings. The van der Waals surface area contributed by atoms with Gasteiger partial charge in [0.25, 0.3) is 0 Å². The Morgan fingerprint density at radius 1 is 1.00 bits per heavy atom. The SMILES string of the molecule is O=C(NCCCC(=O)N1CCc2ccccc2C1)NCCOc1cccc(C(F)(F)F)c1.